The molecule has 2 fully saturated rings. The van der Waals surface area contributed by atoms with Crippen molar-refractivity contribution in [2.24, 2.45) is 17.3 Å². The normalized spacial score (nSPS) is 32.4. The summed E-state index contributed by atoms with van der Waals surface area (Å²) in [7, 11) is 0. The fraction of sp³-hybridized carbons (Fsp3) is 0.889. The number of ether oxygens (including phenoxy) is 2. The lowest BCUT2D eigenvalue weighted by atomic mass is 9.78. The molecule has 2 rings (SSSR count). The highest BCUT2D eigenvalue weighted by Gasteiger charge is 2.47. The zero-order valence-corrected chi connectivity index (χ0v) is 13.9. The first-order chi connectivity index (χ1) is 10.1. The SMILES string of the molecule is CCOC[C@@H]1[C@H](C/C=C\CCC(C)(C)CO)[C@@H]2CC[C@H]1O2. The van der Waals surface area contributed by atoms with E-state index < -0.39 is 0 Å². The van der Waals surface area contributed by atoms with Crippen LogP contribution in [0.25, 0.3) is 0 Å². The van der Waals surface area contributed by atoms with Crippen LogP contribution in [0.1, 0.15) is 52.9 Å². The summed E-state index contributed by atoms with van der Waals surface area (Å²) < 4.78 is 11.7. The Labute approximate surface area is 129 Å². The molecular formula is C18H32O3. The van der Waals surface area contributed by atoms with Gasteiger partial charge < -0.3 is 14.6 Å². The zero-order chi connectivity index (χ0) is 15.3. The van der Waals surface area contributed by atoms with Gasteiger partial charge in [-0.05, 0) is 50.4 Å². The van der Waals surface area contributed by atoms with Crippen LogP contribution in [-0.2, 0) is 9.47 Å². The lowest BCUT2D eigenvalue weighted by Gasteiger charge is -2.26. The summed E-state index contributed by atoms with van der Waals surface area (Å²) in [5, 5.41) is 9.26. The molecule has 0 aromatic rings. The standard InChI is InChI=1S/C18H32O3/c1-4-20-12-15-14(16-9-10-17(15)21-16)8-6-5-7-11-18(2,3)13-19/h5-6,14-17,19H,4,7-13H2,1-3H3/b6-5-/t14-,15+,16-,17+/m0/s1. The molecule has 2 aliphatic rings. The summed E-state index contributed by atoms with van der Waals surface area (Å²) in [6, 6.07) is 0. The first-order valence-electron chi connectivity index (χ1n) is 8.56. The van der Waals surface area contributed by atoms with Crippen LogP contribution >= 0.6 is 0 Å². The van der Waals surface area contributed by atoms with Crippen LogP contribution in [0.4, 0.5) is 0 Å². The van der Waals surface area contributed by atoms with Gasteiger partial charge in [0.25, 0.3) is 0 Å². The Hall–Kier alpha value is -0.380. The molecule has 0 aromatic carbocycles. The smallest absolute Gasteiger partial charge is 0.0633 e. The predicted molar refractivity (Wildman–Crippen MR) is 85.2 cm³/mol. The summed E-state index contributed by atoms with van der Waals surface area (Å²) in [5.74, 6) is 1.22. The van der Waals surface area contributed by atoms with Gasteiger partial charge in [0.1, 0.15) is 0 Å². The molecule has 4 atom stereocenters. The van der Waals surface area contributed by atoms with Gasteiger partial charge in [0.15, 0.2) is 0 Å². The van der Waals surface area contributed by atoms with Crippen molar-refractivity contribution >= 4 is 0 Å². The molecule has 0 unspecified atom stereocenters. The van der Waals surface area contributed by atoms with E-state index in [1.807, 2.05) is 0 Å². The molecule has 3 nitrogen and oxygen atoms in total. The second-order valence-electron chi connectivity index (χ2n) is 7.35. The minimum Gasteiger partial charge on any atom is -0.396 e. The van der Waals surface area contributed by atoms with Gasteiger partial charge in [-0.2, -0.15) is 0 Å². The van der Waals surface area contributed by atoms with E-state index in [-0.39, 0.29) is 12.0 Å². The van der Waals surface area contributed by atoms with Crippen molar-refractivity contribution in [2.75, 3.05) is 19.8 Å². The van der Waals surface area contributed by atoms with E-state index in [2.05, 4.69) is 32.9 Å². The van der Waals surface area contributed by atoms with Crippen molar-refractivity contribution < 1.29 is 14.6 Å². The Balaban J connectivity index is 1.76. The first kappa shape index (κ1) is 17.0. The Morgan fingerprint density at radius 3 is 2.57 bits per heavy atom. The molecule has 0 spiro atoms. The number of aliphatic hydroxyl groups excluding tert-OH is 1. The molecular weight excluding hydrogens is 264 g/mol. The molecule has 0 aliphatic carbocycles. The predicted octanol–water partition coefficient (Wildman–Crippen LogP) is 3.56. The van der Waals surface area contributed by atoms with E-state index >= 15 is 0 Å². The number of allylic oxidation sites excluding steroid dienone is 2. The average Bonchev–Trinajstić information content (AvgIpc) is 3.06. The van der Waals surface area contributed by atoms with Crippen LogP contribution < -0.4 is 0 Å². The van der Waals surface area contributed by atoms with Crippen molar-refractivity contribution in [3.8, 4) is 0 Å². The second kappa shape index (κ2) is 7.75. The molecule has 0 aromatic heterocycles. The maximum Gasteiger partial charge on any atom is 0.0633 e. The quantitative estimate of drug-likeness (QED) is 0.661. The molecule has 21 heavy (non-hydrogen) atoms. The van der Waals surface area contributed by atoms with E-state index in [0.29, 0.717) is 24.0 Å². The van der Waals surface area contributed by atoms with E-state index in [9.17, 15) is 5.11 Å². The average molecular weight is 296 g/mol. The van der Waals surface area contributed by atoms with Gasteiger partial charge in [-0.1, -0.05) is 26.0 Å². The molecule has 2 heterocycles. The maximum absolute atomic E-state index is 9.26. The number of rotatable bonds is 9. The minimum absolute atomic E-state index is 0.0391. The highest BCUT2D eigenvalue weighted by atomic mass is 16.5. The monoisotopic (exact) mass is 296 g/mol. The Morgan fingerprint density at radius 2 is 1.90 bits per heavy atom. The summed E-state index contributed by atoms with van der Waals surface area (Å²) in [6.45, 7) is 8.20. The fourth-order valence-electron chi connectivity index (χ4n) is 3.61. The van der Waals surface area contributed by atoms with E-state index in [1.165, 1.54) is 12.8 Å². The summed E-state index contributed by atoms with van der Waals surface area (Å²) in [6.07, 6.45) is 11.1. The third-order valence-corrected chi connectivity index (χ3v) is 5.10. The highest BCUT2D eigenvalue weighted by Crippen LogP contribution is 2.45. The lowest BCUT2D eigenvalue weighted by Crippen LogP contribution is -2.30. The minimum atomic E-state index is 0.0391. The van der Waals surface area contributed by atoms with E-state index in [1.54, 1.807) is 0 Å². The Bertz CT molecular complexity index is 337. The van der Waals surface area contributed by atoms with Crippen molar-refractivity contribution in [2.45, 2.75) is 65.1 Å². The summed E-state index contributed by atoms with van der Waals surface area (Å²) in [5.41, 5.74) is 0.0391. The number of hydrogen-bond acceptors (Lipinski definition) is 3. The van der Waals surface area contributed by atoms with Crippen molar-refractivity contribution in [3.05, 3.63) is 12.2 Å². The van der Waals surface area contributed by atoms with Crippen LogP contribution in [0, 0.1) is 17.3 Å². The molecule has 2 aliphatic heterocycles. The highest BCUT2D eigenvalue weighted by molar-refractivity contribution is 4.99. The Kier molecular flexibility index (Phi) is 6.27. The zero-order valence-electron chi connectivity index (χ0n) is 13.9. The van der Waals surface area contributed by atoms with Crippen LogP contribution in [0.3, 0.4) is 0 Å². The number of hydrogen-bond donors (Lipinski definition) is 1. The molecule has 2 saturated heterocycles. The van der Waals surface area contributed by atoms with Gasteiger partial charge in [-0.25, -0.2) is 0 Å². The van der Waals surface area contributed by atoms with Gasteiger partial charge in [-0.15, -0.1) is 0 Å². The van der Waals surface area contributed by atoms with Crippen LogP contribution in [0.5, 0.6) is 0 Å². The lowest BCUT2D eigenvalue weighted by molar-refractivity contribution is 0.0543. The molecule has 0 amide bonds. The number of aliphatic hydroxyl groups is 1. The van der Waals surface area contributed by atoms with Crippen molar-refractivity contribution in [1.82, 2.24) is 0 Å². The van der Waals surface area contributed by atoms with Crippen LogP contribution in [-0.4, -0.2) is 37.1 Å². The fourth-order valence-corrected chi connectivity index (χ4v) is 3.61. The van der Waals surface area contributed by atoms with Gasteiger partial charge >= 0.3 is 0 Å². The molecule has 122 valence electrons. The van der Waals surface area contributed by atoms with E-state index in [4.69, 9.17) is 9.47 Å². The molecule has 0 saturated carbocycles. The molecule has 3 heteroatoms. The van der Waals surface area contributed by atoms with Gasteiger partial charge in [-0.3, -0.25) is 0 Å². The van der Waals surface area contributed by atoms with Crippen LogP contribution in [0.15, 0.2) is 12.2 Å². The molecule has 0 radical (unpaired) electrons. The first-order valence-corrected chi connectivity index (χ1v) is 8.56. The topological polar surface area (TPSA) is 38.7 Å². The largest absolute Gasteiger partial charge is 0.396 e. The number of fused-ring (bicyclic) bond motifs is 2. The summed E-state index contributed by atoms with van der Waals surface area (Å²) in [4.78, 5) is 0. The summed E-state index contributed by atoms with van der Waals surface area (Å²) >= 11 is 0. The van der Waals surface area contributed by atoms with Crippen molar-refractivity contribution in [1.29, 1.82) is 0 Å². The van der Waals surface area contributed by atoms with Crippen molar-refractivity contribution in [3.63, 3.8) is 0 Å². The third kappa shape index (κ3) is 4.54. The molecule has 2 bridgehead atoms. The maximum atomic E-state index is 9.26. The Morgan fingerprint density at radius 1 is 1.19 bits per heavy atom. The second-order valence-corrected chi connectivity index (χ2v) is 7.35. The van der Waals surface area contributed by atoms with E-state index in [0.717, 1.165) is 32.5 Å². The van der Waals surface area contributed by atoms with Crippen LogP contribution in [0.2, 0.25) is 0 Å². The van der Waals surface area contributed by atoms with Gasteiger partial charge in [0, 0.05) is 19.1 Å². The van der Waals surface area contributed by atoms with Gasteiger partial charge in [0.05, 0.1) is 18.8 Å². The van der Waals surface area contributed by atoms with Gasteiger partial charge in [0.2, 0.25) is 0 Å². The molecule has 1 N–H and O–H groups in total. The third-order valence-electron chi connectivity index (χ3n) is 5.10.